The minimum Gasteiger partial charge on any atom is -0.544 e. The summed E-state index contributed by atoms with van der Waals surface area (Å²) in [6.07, 6.45) is 36.3. The summed E-state index contributed by atoms with van der Waals surface area (Å²) in [5.74, 6) is -1.18. The highest BCUT2D eigenvalue weighted by Crippen LogP contribution is 2.17. The molecule has 0 aliphatic heterocycles. The molecule has 0 aliphatic rings. The fourth-order valence-corrected chi connectivity index (χ4v) is 6.25. The van der Waals surface area contributed by atoms with E-state index in [0.717, 1.165) is 32.1 Å². The summed E-state index contributed by atoms with van der Waals surface area (Å²) in [5, 5.41) is 11.2. The van der Waals surface area contributed by atoms with Gasteiger partial charge in [-0.2, -0.15) is 0 Å². The van der Waals surface area contributed by atoms with E-state index in [1.807, 2.05) is 14.1 Å². The number of esters is 1. The molecule has 0 aromatic rings. The van der Waals surface area contributed by atoms with E-state index in [2.05, 4.69) is 13.8 Å². The van der Waals surface area contributed by atoms with Crippen molar-refractivity contribution in [2.45, 2.75) is 206 Å². The molecule has 1 atom stereocenters. The molecule has 256 valence electrons. The van der Waals surface area contributed by atoms with Crippen molar-refractivity contribution in [3.05, 3.63) is 0 Å². The molecule has 5 nitrogen and oxygen atoms in total. The number of quaternary nitrogens is 1. The Balaban J connectivity index is 4.05. The highest BCUT2D eigenvalue weighted by molar-refractivity contribution is 5.69. The molecule has 0 bridgehead atoms. The van der Waals surface area contributed by atoms with Crippen LogP contribution in [0.15, 0.2) is 0 Å². The highest BCUT2D eigenvalue weighted by Gasteiger charge is 2.25. The lowest BCUT2D eigenvalue weighted by atomic mass is 10.0. The van der Waals surface area contributed by atoms with Crippen molar-refractivity contribution in [2.75, 3.05) is 27.2 Å². The number of carbonyl (C=O) groups is 2. The Labute approximate surface area is 268 Å². The van der Waals surface area contributed by atoms with Crippen molar-refractivity contribution in [1.29, 1.82) is 0 Å². The SMILES string of the molecule is CCCCCCCCCCCCCCCCC(C[N+](C)(C)CC(=O)[O-])OC(=O)CCCCCCCCCCCCCCC. The minimum absolute atomic E-state index is 0.0638. The maximum absolute atomic E-state index is 12.7. The lowest BCUT2D eigenvalue weighted by Crippen LogP contribution is -2.52. The van der Waals surface area contributed by atoms with Gasteiger partial charge in [0.15, 0.2) is 6.10 Å². The molecule has 0 aromatic carbocycles. The second kappa shape index (κ2) is 30.9. The number of rotatable bonds is 34. The van der Waals surface area contributed by atoms with Gasteiger partial charge in [-0.1, -0.05) is 174 Å². The van der Waals surface area contributed by atoms with Crippen LogP contribution in [0.2, 0.25) is 0 Å². The average Bonchev–Trinajstić information content (AvgIpc) is 2.94. The van der Waals surface area contributed by atoms with Crippen molar-refractivity contribution in [3.8, 4) is 0 Å². The van der Waals surface area contributed by atoms with Gasteiger partial charge in [0.1, 0.15) is 13.1 Å². The van der Waals surface area contributed by atoms with Crippen molar-refractivity contribution in [1.82, 2.24) is 0 Å². The van der Waals surface area contributed by atoms with Crippen LogP contribution < -0.4 is 5.11 Å². The maximum atomic E-state index is 12.7. The molecular weight excluding hydrogens is 534 g/mol. The number of carboxylic acid groups (broad SMARTS) is 1. The van der Waals surface area contributed by atoms with E-state index in [-0.39, 0.29) is 23.1 Å². The maximum Gasteiger partial charge on any atom is 0.306 e. The third-order valence-corrected chi connectivity index (χ3v) is 8.92. The Kier molecular flexibility index (Phi) is 30.1. The highest BCUT2D eigenvalue weighted by atomic mass is 16.5. The van der Waals surface area contributed by atoms with E-state index >= 15 is 0 Å². The molecule has 0 aromatic heterocycles. The van der Waals surface area contributed by atoms with Gasteiger partial charge < -0.3 is 19.1 Å². The molecule has 0 fully saturated rings. The first-order valence-electron chi connectivity index (χ1n) is 19.0. The van der Waals surface area contributed by atoms with Crippen LogP contribution in [0.1, 0.15) is 200 Å². The third kappa shape index (κ3) is 32.1. The Hall–Kier alpha value is -1.10. The predicted octanol–water partition coefficient (Wildman–Crippen LogP) is 10.1. The number of hydrogen-bond acceptors (Lipinski definition) is 4. The van der Waals surface area contributed by atoms with Crippen LogP contribution in [0.4, 0.5) is 0 Å². The van der Waals surface area contributed by atoms with Crippen molar-refractivity contribution >= 4 is 11.9 Å². The Morgan fingerprint density at radius 3 is 1.21 bits per heavy atom. The molecule has 0 radical (unpaired) electrons. The van der Waals surface area contributed by atoms with Gasteiger partial charge in [0.2, 0.25) is 0 Å². The van der Waals surface area contributed by atoms with E-state index < -0.39 is 5.97 Å². The smallest absolute Gasteiger partial charge is 0.306 e. The fraction of sp³-hybridized carbons (Fsp3) is 0.947. The number of carbonyl (C=O) groups excluding carboxylic acids is 2. The van der Waals surface area contributed by atoms with Gasteiger partial charge in [0.05, 0.1) is 20.1 Å². The Bertz CT molecular complexity index is 621. The molecule has 0 spiro atoms. The summed E-state index contributed by atoms with van der Waals surface area (Å²) >= 11 is 0. The fourth-order valence-electron chi connectivity index (χ4n) is 6.25. The summed E-state index contributed by atoms with van der Waals surface area (Å²) < 4.78 is 6.20. The number of nitrogens with zero attached hydrogens (tertiary/aromatic N) is 1. The predicted molar refractivity (Wildman–Crippen MR) is 182 cm³/mol. The van der Waals surface area contributed by atoms with Crippen LogP contribution in [-0.4, -0.2) is 49.7 Å². The molecule has 5 heteroatoms. The Morgan fingerprint density at radius 1 is 0.535 bits per heavy atom. The van der Waals surface area contributed by atoms with E-state index in [4.69, 9.17) is 4.74 Å². The first kappa shape index (κ1) is 41.9. The van der Waals surface area contributed by atoms with Gasteiger partial charge in [-0.25, -0.2) is 0 Å². The summed E-state index contributed by atoms with van der Waals surface area (Å²) in [5.41, 5.74) is 0. The first-order valence-corrected chi connectivity index (χ1v) is 19.0. The average molecular weight is 610 g/mol. The molecule has 0 N–H and O–H groups in total. The zero-order valence-corrected chi connectivity index (χ0v) is 29.6. The number of carboxylic acids is 1. The molecule has 0 saturated carbocycles. The lowest BCUT2D eigenvalue weighted by molar-refractivity contribution is -0.887. The van der Waals surface area contributed by atoms with Crippen molar-refractivity contribution in [2.24, 2.45) is 0 Å². The largest absolute Gasteiger partial charge is 0.544 e. The number of likely N-dealkylation sites (N-methyl/N-ethyl adjacent to an activating group) is 1. The summed E-state index contributed by atoms with van der Waals surface area (Å²) in [7, 11) is 3.77. The van der Waals surface area contributed by atoms with Crippen LogP contribution in [0.25, 0.3) is 0 Å². The number of unbranched alkanes of at least 4 members (excludes halogenated alkanes) is 25. The second-order valence-corrected chi connectivity index (χ2v) is 14.1. The van der Waals surface area contributed by atoms with Gasteiger partial charge in [0.25, 0.3) is 0 Å². The van der Waals surface area contributed by atoms with E-state index in [1.54, 1.807) is 0 Å². The van der Waals surface area contributed by atoms with Crippen LogP contribution in [0.5, 0.6) is 0 Å². The molecule has 0 amide bonds. The van der Waals surface area contributed by atoms with E-state index in [9.17, 15) is 14.7 Å². The van der Waals surface area contributed by atoms with E-state index in [1.165, 1.54) is 148 Å². The third-order valence-electron chi connectivity index (χ3n) is 8.92. The first-order chi connectivity index (χ1) is 20.8. The van der Waals surface area contributed by atoms with Crippen LogP contribution in [-0.2, 0) is 14.3 Å². The monoisotopic (exact) mass is 610 g/mol. The molecular formula is C38H75NO4. The summed E-state index contributed by atoms with van der Waals surface area (Å²) in [6.45, 7) is 5.00. The van der Waals surface area contributed by atoms with Crippen molar-refractivity contribution in [3.63, 3.8) is 0 Å². The van der Waals surface area contributed by atoms with Gasteiger partial charge in [-0.3, -0.25) is 4.79 Å². The zero-order chi connectivity index (χ0) is 31.9. The minimum atomic E-state index is -1.06. The Morgan fingerprint density at radius 2 is 0.860 bits per heavy atom. The molecule has 1 unspecified atom stereocenters. The molecule has 43 heavy (non-hydrogen) atoms. The molecule has 0 aliphatic carbocycles. The molecule has 0 saturated heterocycles. The molecule has 0 rings (SSSR count). The summed E-state index contributed by atoms with van der Waals surface area (Å²) in [4.78, 5) is 23.9. The van der Waals surface area contributed by atoms with Gasteiger partial charge in [0, 0.05) is 6.42 Å². The van der Waals surface area contributed by atoms with Gasteiger partial charge in [-0.15, -0.1) is 0 Å². The van der Waals surface area contributed by atoms with Crippen molar-refractivity contribution < 1.29 is 23.9 Å². The lowest BCUT2D eigenvalue weighted by Gasteiger charge is -2.33. The molecule has 0 heterocycles. The second-order valence-electron chi connectivity index (χ2n) is 14.1. The van der Waals surface area contributed by atoms with Crippen LogP contribution in [0, 0.1) is 0 Å². The summed E-state index contributed by atoms with van der Waals surface area (Å²) in [6, 6.07) is 0. The normalized spacial score (nSPS) is 12.5. The zero-order valence-electron chi connectivity index (χ0n) is 29.6. The standard InChI is InChI=1S/C38H75NO4/c1-5-7-9-11-13-15-17-19-21-22-24-26-28-30-32-36(34-39(3,4)35-37(40)41)43-38(42)33-31-29-27-25-23-20-18-16-14-12-10-8-6-2/h36H,5-35H2,1-4H3. The quantitative estimate of drug-likeness (QED) is 0.0414. The van der Waals surface area contributed by atoms with E-state index in [0.29, 0.717) is 13.0 Å². The van der Waals surface area contributed by atoms with Gasteiger partial charge >= 0.3 is 5.97 Å². The topological polar surface area (TPSA) is 66.4 Å². The number of aliphatic carboxylic acids is 1. The van der Waals surface area contributed by atoms with Gasteiger partial charge in [-0.05, 0) is 19.3 Å². The van der Waals surface area contributed by atoms with Crippen LogP contribution >= 0.6 is 0 Å². The number of hydrogen-bond donors (Lipinski definition) is 0. The van der Waals surface area contributed by atoms with Crippen LogP contribution in [0.3, 0.4) is 0 Å². The number of ether oxygens (including phenoxy) is 1.